The van der Waals surface area contributed by atoms with Crippen molar-refractivity contribution in [1.82, 2.24) is 10.1 Å². The number of amides is 1. The molecule has 0 aliphatic carbocycles. The molecule has 0 radical (unpaired) electrons. The van der Waals surface area contributed by atoms with E-state index in [2.05, 4.69) is 29.3 Å². The zero-order valence-electron chi connectivity index (χ0n) is 16.0. The summed E-state index contributed by atoms with van der Waals surface area (Å²) >= 11 is 0. The van der Waals surface area contributed by atoms with Crippen molar-refractivity contribution in [3.63, 3.8) is 0 Å². The molecule has 0 aliphatic heterocycles. The van der Waals surface area contributed by atoms with E-state index in [1.54, 1.807) is 0 Å². The summed E-state index contributed by atoms with van der Waals surface area (Å²) in [6.45, 7) is 4.16. The van der Waals surface area contributed by atoms with Crippen molar-refractivity contribution in [2.75, 3.05) is 11.1 Å². The Morgan fingerprint density at radius 2 is 1.61 bits per heavy atom. The van der Waals surface area contributed by atoms with Gasteiger partial charge in [0.25, 0.3) is 0 Å². The lowest BCUT2D eigenvalue weighted by Gasteiger charge is -2.05. The minimum absolute atomic E-state index is 0.0439. The van der Waals surface area contributed by atoms with E-state index in [4.69, 9.17) is 4.52 Å². The van der Waals surface area contributed by atoms with Gasteiger partial charge in [-0.2, -0.15) is 4.98 Å². The highest BCUT2D eigenvalue weighted by Gasteiger charge is 2.14. The monoisotopic (exact) mass is 397 g/mol. The van der Waals surface area contributed by atoms with Crippen molar-refractivity contribution in [2.45, 2.75) is 32.4 Å². The summed E-state index contributed by atoms with van der Waals surface area (Å²) in [5.41, 5.74) is 3.95. The molecule has 0 saturated carbocycles. The molecule has 1 amide bonds. The average Bonchev–Trinajstić information content (AvgIpc) is 3.16. The first-order chi connectivity index (χ1) is 13.6. The van der Waals surface area contributed by atoms with E-state index in [1.807, 2.05) is 48.5 Å². The molecule has 0 fully saturated rings. The van der Waals surface area contributed by atoms with Crippen LogP contribution in [-0.2, 0) is 34.2 Å². The number of carbonyl (C=O) groups is 1. The predicted molar refractivity (Wildman–Crippen MR) is 110 cm³/mol. The van der Waals surface area contributed by atoms with Gasteiger partial charge in [-0.25, -0.2) is 0 Å². The van der Waals surface area contributed by atoms with Gasteiger partial charge in [0.1, 0.15) is 11.5 Å². The fraction of sp³-hybridized carbons (Fsp3) is 0.286. The Morgan fingerprint density at radius 3 is 2.21 bits per heavy atom. The number of anilines is 1. The van der Waals surface area contributed by atoms with Gasteiger partial charge in [-0.05, 0) is 36.1 Å². The average molecular weight is 398 g/mol. The van der Waals surface area contributed by atoms with E-state index in [1.165, 1.54) is 11.1 Å². The van der Waals surface area contributed by atoms with Gasteiger partial charge in [0.05, 0.1) is 0 Å². The lowest BCUT2D eigenvalue weighted by atomic mass is 10.1. The molecule has 1 aromatic heterocycles. The Labute approximate surface area is 166 Å². The van der Waals surface area contributed by atoms with Crippen LogP contribution in [0.5, 0.6) is 0 Å². The predicted octanol–water partition coefficient (Wildman–Crippen LogP) is 3.75. The number of nitrogens with one attached hydrogen (secondary N) is 1. The lowest BCUT2D eigenvalue weighted by molar-refractivity contribution is -0.113. The molecule has 1 N–H and O–H groups in total. The zero-order valence-corrected chi connectivity index (χ0v) is 16.8. The molecule has 146 valence electrons. The Balaban J connectivity index is 1.54. The van der Waals surface area contributed by atoms with E-state index in [-0.39, 0.29) is 23.3 Å². The normalized spacial score (nSPS) is 11.9. The molecule has 0 bridgehead atoms. The van der Waals surface area contributed by atoms with Crippen LogP contribution >= 0.6 is 0 Å². The zero-order chi connectivity index (χ0) is 19.9. The third kappa shape index (κ3) is 5.36. The summed E-state index contributed by atoms with van der Waals surface area (Å²) in [5.74, 6) is 0.321. The molecule has 1 unspecified atom stereocenters. The van der Waals surface area contributed by atoms with Crippen molar-refractivity contribution < 1.29 is 13.5 Å². The van der Waals surface area contributed by atoms with Crippen molar-refractivity contribution >= 4 is 22.4 Å². The second kappa shape index (κ2) is 9.41. The second-order valence-corrected chi connectivity index (χ2v) is 7.85. The molecule has 7 heteroatoms. The van der Waals surface area contributed by atoms with E-state index >= 15 is 0 Å². The third-order valence-corrected chi connectivity index (χ3v) is 5.46. The van der Waals surface area contributed by atoms with Gasteiger partial charge in [0.15, 0.2) is 0 Å². The van der Waals surface area contributed by atoms with Crippen molar-refractivity contribution in [2.24, 2.45) is 0 Å². The number of carbonyl (C=O) groups excluding carboxylic acids is 1. The molecular weight excluding hydrogens is 374 g/mol. The van der Waals surface area contributed by atoms with Crippen LogP contribution in [0.3, 0.4) is 0 Å². The number of nitrogens with zero attached hydrogens (tertiary/aromatic N) is 2. The fourth-order valence-electron chi connectivity index (χ4n) is 2.68. The highest BCUT2D eigenvalue weighted by Crippen LogP contribution is 2.17. The fourth-order valence-corrected chi connectivity index (χ4v) is 3.54. The second-order valence-electron chi connectivity index (χ2n) is 6.39. The van der Waals surface area contributed by atoms with Crippen molar-refractivity contribution in [1.29, 1.82) is 0 Å². The first-order valence-corrected chi connectivity index (χ1v) is 10.7. The lowest BCUT2D eigenvalue weighted by Crippen LogP contribution is -2.20. The number of benzene rings is 2. The minimum atomic E-state index is -1.44. The van der Waals surface area contributed by atoms with Crippen LogP contribution in [0.25, 0.3) is 11.4 Å². The summed E-state index contributed by atoms with van der Waals surface area (Å²) in [5, 5.41) is 6.69. The topological polar surface area (TPSA) is 85.1 Å². The number of hydrogen-bond acceptors (Lipinski definition) is 5. The molecule has 0 spiro atoms. The van der Waals surface area contributed by atoms with E-state index in [9.17, 15) is 9.00 Å². The standard InChI is InChI=1S/C21H23N3O3S/c1-3-15-5-9-17(10-6-15)21-23-20(27-24-21)14-28(26)13-19(25)22-18-11-7-16(4-2)8-12-18/h5-12H,3-4,13-14H2,1-2H3,(H,22,25). The van der Waals surface area contributed by atoms with Gasteiger partial charge in [0.2, 0.25) is 17.6 Å². The number of rotatable bonds is 8. The third-order valence-electron chi connectivity index (χ3n) is 4.31. The summed E-state index contributed by atoms with van der Waals surface area (Å²) in [6, 6.07) is 15.5. The number of hydrogen-bond donors (Lipinski definition) is 1. The summed E-state index contributed by atoms with van der Waals surface area (Å²) in [6.07, 6.45) is 1.90. The molecule has 3 aromatic rings. The molecule has 28 heavy (non-hydrogen) atoms. The molecule has 2 aromatic carbocycles. The maximum Gasteiger partial charge on any atom is 0.239 e. The van der Waals surface area contributed by atoms with Gasteiger partial charge in [-0.3, -0.25) is 9.00 Å². The largest absolute Gasteiger partial charge is 0.338 e. The Kier molecular flexibility index (Phi) is 6.71. The van der Waals surface area contributed by atoms with Gasteiger partial charge in [-0.1, -0.05) is 55.4 Å². The van der Waals surface area contributed by atoms with Crippen molar-refractivity contribution in [3.05, 3.63) is 65.5 Å². The van der Waals surface area contributed by atoms with Gasteiger partial charge >= 0.3 is 0 Å². The summed E-state index contributed by atoms with van der Waals surface area (Å²) in [4.78, 5) is 16.4. The van der Waals surface area contributed by atoms with Gasteiger partial charge in [-0.15, -0.1) is 0 Å². The number of aryl methyl sites for hydroxylation is 2. The maximum absolute atomic E-state index is 12.3. The van der Waals surface area contributed by atoms with Crippen LogP contribution < -0.4 is 5.32 Å². The maximum atomic E-state index is 12.3. The molecular formula is C21H23N3O3S. The molecule has 6 nitrogen and oxygen atoms in total. The molecule has 1 heterocycles. The van der Waals surface area contributed by atoms with Crippen LogP contribution in [0.15, 0.2) is 53.1 Å². The van der Waals surface area contributed by atoms with E-state index in [0.717, 1.165) is 18.4 Å². The van der Waals surface area contributed by atoms with Crippen LogP contribution in [0.1, 0.15) is 30.9 Å². The first-order valence-electron chi connectivity index (χ1n) is 9.23. The highest BCUT2D eigenvalue weighted by molar-refractivity contribution is 7.84. The molecule has 0 aliphatic rings. The smallest absolute Gasteiger partial charge is 0.239 e. The van der Waals surface area contributed by atoms with E-state index in [0.29, 0.717) is 11.5 Å². The molecule has 1 atom stereocenters. The minimum Gasteiger partial charge on any atom is -0.338 e. The Hall–Kier alpha value is -2.80. The van der Waals surface area contributed by atoms with Gasteiger partial charge in [0, 0.05) is 22.1 Å². The van der Waals surface area contributed by atoms with Crippen LogP contribution in [0, 0.1) is 0 Å². The number of aromatic nitrogens is 2. The summed E-state index contributed by atoms with van der Waals surface area (Å²) in [7, 11) is -1.44. The van der Waals surface area contributed by atoms with Crippen molar-refractivity contribution in [3.8, 4) is 11.4 Å². The Bertz CT molecular complexity index is 950. The van der Waals surface area contributed by atoms with E-state index < -0.39 is 10.8 Å². The quantitative estimate of drug-likeness (QED) is 0.626. The first kappa shape index (κ1) is 19.9. The highest BCUT2D eigenvalue weighted by atomic mass is 32.2. The van der Waals surface area contributed by atoms with Crippen LogP contribution in [0.2, 0.25) is 0 Å². The Morgan fingerprint density at radius 1 is 1.00 bits per heavy atom. The summed E-state index contributed by atoms with van der Waals surface area (Å²) < 4.78 is 17.5. The SMILES string of the molecule is CCc1ccc(NC(=O)CS(=O)Cc2nc(-c3ccc(CC)cc3)no2)cc1. The van der Waals surface area contributed by atoms with Gasteiger partial charge < -0.3 is 9.84 Å². The molecule has 0 saturated heterocycles. The van der Waals surface area contributed by atoms with Crippen LogP contribution in [0.4, 0.5) is 5.69 Å². The molecule has 3 rings (SSSR count). The van der Waals surface area contributed by atoms with Crippen LogP contribution in [-0.4, -0.2) is 26.0 Å².